The van der Waals surface area contributed by atoms with Gasteiger partial charge in [0, 0.05) is 26.8 Å². The SMILES string of the molecule is Cn1c(=O)c2c(-c3ccc(F)cc3)n(CCc3ccccc3)cc2n(C)c1=O. The Morgan fingerprint density at radius 1 is 0.893 bits per heavy atom. The number of aryl methyl sites for hydroxylation is 3. The number of halogens is 1. The average molecular weight is 377 g/mol. The van der Waals surface area contributed by atoms with Crippen LogP contribution in [0.1, 0.15) is 5.56 Å². The molecular formula is C22H20FN3O2. The van der Waals surface area contributed by atoms with Gasteiger partial charge in [-0.25, -0.2) is 9.18 Å². The summed E-state index contributed by atoms with van der Waals surface area (Å²) in [6.07, 6.45) is 2.60. The van der Waals surface area contributed by atoms with Crippen molar-refractivity contribution in [2.45, 2.75) is 13.0 Å². The Balaban J connectivity index is 1.95. The summed E-state index contributed by atoms with van der Waals surface area (Å²) in [6, 6.07) is 16.1. The first-order chi connectivity index (χ1) is 13.5. The molecule has 5 nitrogen and oxygen atoms in total. The van der Waals surface area contributed by atoms with Crippen molar-refractivity contribution < 1.29 is 4.39 Å². The van der Waals surface area contributed by atoms with Crippen LogP contribution in [0.3, 0.4) is 0 Å². The predicted octanol–water partition coefficient (Wildman–Crippen LogP) is 3.09. The minimum Gasteiger partial charge on any atom is -0.344 e. The van der Waals surface area contributed by atoms with Gasteiger partial charge in [-0.1, -0.05) is 30.3 Å². The van der Waals surface area contributed by atoms with Gasteiger partial charge in [0.2, 0.25) is 0 Å². The topological polar surface area (TPSA) is 48.9 Å². The van der Waals surface area contributed by atoms with E-state index in [0.29, 0.717) is 23.1 Å². The van der Waals surface area contributed by atoms with Crippen molar-refractivity contribution in [2.75, 3.05) is 0 Å². The summed E-state index contributed by atoms with van der Waals surface area (Å²) in [5, 5.41) is 0.462. The van der Waals surface area contributed by atoms with E-state index in [1.165, 1.54) is 29.3 Å². The molecule has 6 heteroatoms. The van der Waals surface area contributed by atoms with Crippen molar-refractivity contribution in [3.8, 4) is 11.3 Å². The van der Waals surface area contributed by atoms with Crippen molar-refractivity contribution in [1.82, 2.24) is 13.7 Å². The smallest absolute Gasteiger partial charge is 0.330 e. The van der Waals surface area contributed by atoms with E-state index in [1.807, 2.05) is 29.0 Å². The third kappa shape index (κ3) is 2.97. The number of nitrogens with zero attached hydrogens (tertiary/aromatic N) is 3. The van der Waals surface area contributed by atoms with Gasteiger partial charge in [-0.3, -0.25) is 13.9 Å². The second-order valence-corrected chi connectivity index (χ2v) is 6.88. The molecule has 0 bridgehead atoms. The number of fused-ring (bicyclic) bond motifs is 1. The van der Waals surface area contributed by atoms with Crippen LogP contribution in [0.2, 0.25) is 0 Å². The summed E-state index contributed by atoms with van der Waals surface area (Å²) in [4.78, 5) is 25.3. The zero-order valence-corrected chi connectivity index (χ0v) is 15.7. The van der Waals surface area contributed by atoms with Crippen molar-refractivity contribution >= 4 is 10.9 Å². The van der Waals surface area contributed by atoms with E-state index < -0.39 is 0 Å². The summed E-state index contributed by atoms with van der Waals surface area (Å²) in [7, 11) is 3.12. The number of benzene rings is 2. The van der Waals surface area contributed by atoms with Crippen molar-refractivity contribution in [2.24, 2.45) is 14.1 Å². The molecule has 0 atom stereocenters. The van der Waals surface area contributed by atoms with E-state index in [1.54, 1.807) is 19.2 Å². The van der Waals surface area contributed by atoms with Gasteiger partial charge in [-0.05, 0) is 41.8 Å². The third-order valence-electron chi connectivity index (χ3n) is 5.11. The van der Waals surface area contributed by atoms with Crippen LogP contribution in [0.5, 0.6) is 0 Å². The molecule has 4 rings (SSSR count). The first-order valence-electron chi connectivity index (χ1n) is 9.06. The van der Waals surface area contributed by atoms with Gasteiger partial charge in [0.05, 0.1) is 16.6 Å². The summed E-state index contributed by atoms with van der Waals surface area (Å²) in [5.41, 5.74) is 2.45. The van der Waals surface area contributed by atoms with E-state index in [2.05, 4.69) is 12.1 Å². The fourth-order valence-corrected chi connectivity index (χ4v) is 3.58. The van der Waals surface area contributed by atoms with Crippen molar-refractivity contribution in [3.05, 3.63) is 93.0 Å². The summed E-state index contributed by atoms with van der Waals surface area (Å²) < 4.78 is 18.0. The molecule has 0 aliphatic rings. The molecule has 0 aliphatic heterocycles. The lowest BCUT2D eigenvalue weighted by molar-refractivity contribution is 0.628. The normalized spacial score (nSPS) is 11.2. The molecule has 0 spiro atoms. The van der Waals surface area contributed by atoms with E-state index in [-0.39, 0.29) is 17.1 Å². The monoisotopic (exact) mass is 377 g/mol. The maximum Gasteiger partial charge on any atom is 0.330 e. The Hall–Kier alpha value is -3.41. The summed E-state index contributed by atoms with van der Waals surface area (Å²) in [6.45, 7) is 0.628. The highest BCUT2D eigenvalue weighted by Gasteiger charge is 2.19. The minimum atomic E-state index is -0.372. The molecule has 2 aromatic carbocycles. The van der Waals surface area contributed by atoms with E-state index >= 15 is 0 Å². The third-order valence-corrected chi connectivity index (χ3v) is 5.11. The highest BCUT2D eigenvalue weighted by molar-refractivity contribution is 5.93. The first kappa shape index (κ1) is 18.0. The molecule has 0 aliphatic carbocycles. The van der Waals surface area contributed by atoms with Crippen LogP contribution in [-0.4, -0.2) is 13.7 Å². The van der Waals surface area contributed by atoms with Gasteiger partial charge in [0.25, 0.3) is 5.56 Å². The fraction of sp³-hybridized carbons (Fsp3) is 0.182. The van der Waals surface area contributed by atoms with Crippen LogP contribution >= 0.6 is 0 Å². The van der Waals surface area contributed by atoms with Gasteiger partial charge in [0.15, 0.2) is 0 Å². The second kappa shape index (κ2) is 6.96. The Morgan fingerprint density at radius 3 is 2.25 bits per heavy atom. The van der Waals surface area contributed by atoms with Gasteiger partial charge in [-0.15, -0.1) is 0 Å². The van der Waals surface area contributed by atoms with Crippen LogP contribution in [0.25, 0.3) is 22.2 Å². The molecule has 0 N–H and O–H groups in total. The second-order valence-electron chi connectivity index (χ2n) is 6.88. The highest BCUT2D eigenvalue weighted by Crippen LogP contribution is 2.28. The van der Waals surface area contributed by atoms with Crippen LogP contribution < -0.4 is 11.2 Å². The predicted molar refractivity (Wildman–Crippen MR) is 108 cm³/mol. The maximum atomic E-state index is 13.5. The molecule has 0 radical (unpaired) electrons. The average Bonchev–Trinajstić information content (AvgIpc) is 3.10. The Labute approximate surface area is 160 Å². The van der Waals surface area contributed by atoms with E-state index in [4.69, 9.17) is 0 Å². The standard InChI is InChI=1S/C22H20FN3O2/c1-24-18-14-26(13-12-15-6-4-3-5-7-15)20(16-8-10-17(23)11-9-16)19(18)21(27)25(2)22(24)28/h3-11,14H,12-13H2,1-2H3. The zero-order chi connectivity index (χ0) is 19.8. The van der Waals surface area contributed by atoms with Gasteiger partial charge in [0.1, 0.15) is 5.82 Å². The van der Waals surface area contributed by atoms with Crippen LogP contribution in [0.4, 0.5) is 4.39 Å². The zero-order valence-electron chi connectivity index (χ0n) is 15.7. The minimum absolute atomic E-state index is 0.337. The molecule has 4 aromatic rings. The van der Waals surface area contributed by atoms with Gasteiger partial charge in [-0.2, -0.15) is 0 Å². The van der Waals surface area contributed by atoms with Gasteiger partial charge < -0.3 is 4.57 Å². The van der Waals surface area contributed by atoms with Crippen molar-refractivity contribution in [1.29, 1.82) is 0 Å². The lowest BCUT2D eigenvalue weighted by atomic mass is 10.1. The number of hydrogen-bond donors (Lipinski definition) is 0. The summed E-state index contributed by atoms with van der Waals surface area (Å²) >= 11 is 0. The Kier molecular flexibility index (Phi) is 4.47. The number of aromatic nitrogens is 3. The van der Waals surface area contributed by atoms with Crippen LogP contribution in [-0.2, 0) is 27.1 Å². The maximum absolute atomic E-state index is 13.5. The molecule has 0 unspecified atom stereocenters. The summed E-state index contributed by atoms with van der Waals surface area (Å²) in [5.74, 6) is -0.337. The van der Waals surface area contributed by atoms with Gasteiger partial charge >= 0.3 is 5.69 Å². The van der Waals surface area contributed by atoms with E-state index in [9.17, 15) is 14.0 Å². The van der Waals surface area contributed by atoms with Crippen molar-refractivity contribution in [3.63, 3.8) is 0 Å². The molecule has 0 amide bonds. The lowest BCUT2D eigenvalue weighted by Crippen LogP contribution is -2.36. The molecule has 0 saturated heterocycles. The highest BCUT2D eigenvalue weighted by atomic mass is 19.1. The number of rotatable bonds is 4. The largest absolute Gasteiger partial charge is 0.344 e. The molecule has 2 aromatic heterocycles. The molecule has 0 fully saturated rings. The molecule has 142 valence electrons. The molecule has 0 saturated carbocycles. The number of hydrogen-bond acceptors (Lipinski definition) is 2. The Morgan fingerprint density at radius 2 is 1.57 bits per heavy atom. The van der Waals surface area contributed by atoms with E-state index in [0.717, 1.165) is 16.6 Å². The van der Waals surface area contributed by atoms with Crippen LogP contribution in [0.15, 0.2) is 70.4 Å². The fourth-order valence-electron chi connectivity index (χ4n) is 3.58. The quantitative estimate of drug-likeness (QED) is 0.549. The lowest BCUT2D eigenvalue weighted by Gasteiger charge is -2.10. The molecular weight excluding hydrogens is 357 g/mol. The first-order valence-corrected chi connectivity index (χ1v) is 9.06. The molecule has 28 heavy (non-hydrogen) atoms. The molecule has 2 heterocycles. The van der Waals surface area contributed by atoms with Crippen LogP contribution in [0, 0.1) is 5.82 Å². The Bertz CT molecular complexity index is 1270.